The van der Waals surface area contributed by atoms with Gasteiger partial charge in [-0.2, -0.15) is 0 Å². The smallest absolute Gasteiger partial charge is 0 e. The number of hydrogen-bond acceptors (Lipinski definition) is 0. The van der Waals surface area contributed by atoms with Gasteiger partial charge in [-0.25, -0.2) is 0 Å². The quantitative estimate of drug-likeness (QED) is 0.432. The van der Waals surface area contributed by atoms with Crippen molar-refractivity contribution in [2.24, 2.45) is 0 Å². The van der Waals surface area contributed by atoms with Crippen molar-refractivity contribution in [1.82, 2.24) is 0 Å². The van der Waals surface area contributed by atoms with Crippen LogP contribution in [0.1, 0.15) is 0 Å². The van der Waals surface area contributed by atoms with Crippen molar-refractivity contribution in [3.63, 3.8) is 0 Å². The van der Waals surface area contributed by atoms with Crippen molar-refractivity contribution >= 4 is 67.3 Å². The molecule has 0 nitrogen and oxygen atoms in total. The van der Waals surface area contributed by atoms with Gasteiger partial charge in [-0.3, -0.25) is 0 Å². The Hall–Kier alpha value is 3.30. The first kappa shape index (κ1) is 26.6. The van der Waals surface area contributed by atoms with Crippen LogP contribution in [-0.2, 0) is 34.1 Å². The number of hydrogen-bond donors (Lipinski definition) is 0. The van der Waals surface area contributed by atoms with E-state index >= 15 is 0 Å². The molecule has 0 atom stereocenters. The van der Waals surface area contributed by atoms with Crippen molar-refractivity contribution in [3.05, 3.63) is 0 Å². The summed E-state index contributed by atoms with van der Waals surface area (Å²) >= 11 is 0. The Kier molecular flexibility index (Phi) is 108. The van der Waals surface area contributed by atoms with E-state index in [2.05, 4.69) is 0 Å². The van der Waals surface area contributed by atoms with Gasteiger partial charge in [0.1, 0.15) is 0 Å². The summed E-state index contributed by atoms with van der Waals surface area (Å²) in [6.07, 6.45) is 0. The van der Waals surface area contributed by atoms with E-state index in [-0.39, 0.29) is 101 Å². The molecule has 0 amide bonds. The summed E-state index contributed by atoms with van der Waals surface area (Å²) in [5.41, 5.74) is 0. The maximum absolute atomic E-state index is 0. The minimum absolute atomic E-state index is 0. The van der Waals surface area contributed by atoms with Crippen LogP contribution < -0.4 is 0 Å². The molecule has 0 saturated carbocycles. The average Bonchev–Trinajstić information content (AvgIpc) is 0. The van der Waals surface area contributed by atoms with E-state index in [4.69, 9.17) is 0 Å². The van der Waals surface area contributed by atoms with Crippen LogP contribution in [0.5, 0.6) is 0 Å². The van der Waals surface area contributed by atoms with Gasteiger partial charge in [0.25, 0.3) is 0 Å². The third-order valence-corrected chi connectivity index (χ3v) is 0. The summed E-state index contributed by atoms with van der Waals surface area (Å²) < 4.78 is 0. The van der Waals surface area contributed by atoms with Gasteiger partial charge in [0.05, 0.1) is 0 Å². The van der Waals surface area contributed by atoms with E-state index in [1.807, 2.05) is 0 Å². The Bertz CT molecular complexity index is 8.00. The van der Waals surface area contributed by atoms with Crippen LogP contribution in [0.3, 0.4) is 0 Å². The van der Waals surface area contributed by atoms with Gasteiger partial charge in [0.15, 0.2) is 0 Å². The molecule has 0 unspecified atom stereocenters. The predicted octanol–water partition coefficient (Wildman–Crippen LogP) is -0.767. The Morgan fingerprint density at radius 1 is 1.00 bits per heavy atom. The monoisotopic (exact) mass is 182 g/mol. The normalized spacial score (nSPS) is 0. The van der Waals surface area contributed by atoms with Gasteiger partial charge < -0.3 is 0 Å². The van der Waals surface area contributed by atoms with E-state index < -0.39 is 0 Å². The van der Waals surface area contributed by atoms with Gasteiger partial charge in [-0.15, -0.1) is 0 Å². The Morgan fingerprint density at radius 3 is 1.00 bits per heavy atom. The van der Waals surface area contributed by atoms with Crippen molar-refractivity contribution in [2.75, 3.05) is 0 Å². The molecule has 0 aliphatic heterocycles. The summed E-state index contributed by atoms with van der Waals surface area (Å²) in [5.74, 6) is 0. The zero-order valence-corrected chi connectivity index (χ0v) is 8.62. The minimum Gasteiger partial charge on any atom is 0 e. The van der Waals surface area contributed by atoms with E-state index in [0.717, 1.165) is 0 Å². The van der Waals surface area contributed by atoms with Crippen molar-refractivity contribution in [3.8, 4) is 0 Å². The van der Waals surface area contributed by atoms with Crippen LogP contribution in [0.4, 0.5) is 0 Å². The van der Waals surface area contributed by atoms with E-state index in [9.17, 15) is 0 Å². The summed E-state index contributed by atoms with van der Waals surface area (Å²) in [5, 5.41) is 0. The van der Waals surface area contributed by atoms with Crippen LogP contribution >= 0.6 is 0 Å². The van der Waals surface area contributed by atoms with E-state index in [1.54, 1.807) is 0 Å². The molecule has 0 aliphatic carbocycles. The maximum Gasteiger partial charge on any atom is 0 e. The average molecular weight is 182 g/mol. The molecule has 0 heterocycles. The van der Waals surface area contributed by atoms with Crippen LogP contribution in [0.2, 0.25) is 0 Å². The summed E-state index contributed by atoms with van der Waals surface area (Å²) in [4.78, 5) is 0. The van der Waals surface area contributed by atoms with Crippen molar-refractivity contribution in [1.29, 1.82) is 0 Å². The van der Waals surface area contributed by atoms with Crippen molar-refractivity contribution < 1.29 is 34.1 Å². The fraction of sp³-hybridized carbons (Fsp3) is 0. The molecular formula is CaCuFeNa. The first-order valence-corrected chi connectivity index (χ1v) is 0. The summed E-state index contributed by atoms with van der Waals surface area (Å²) in [6.45, 7) is 0. The molecule has 0 spiro atoms. The maximum atomic E-state index is 0. The molecule has 0 rings (SSSR count). The number of rotatable bonds is 0. The van der Waals surface area contributed by atoms with Crippen molar-refractivity contribution in [2.45, 2.75) is 0 Å². The third kappa shape index (κ3) is 9.00. The van der Waals surface area contributed by atoms with Gasteiger partial charge >= 0.3 is 0 Å². The molecule has 0 aromatic heterocycles. The first-order valence-electron chi connectivity index (χ1n) is 0. The predicted molar refractivity (Wildman–Crippen MR) is 11.5 cm³/mol. The van der Waals surface area contributed by atoms with Crippen LogP contribution in [0.25, 0.3) is 0 Å². The molecule has 0 aliphatic rings. The summed E-state index contributed by atoms with van der Waals surface area (Å²) in [7, 11) is 0. The molecule has 0 fully saturated rings. The fourth-order valence-corrected chi connectivity index (χ4v) is 0. The molecule has 0 bridgehead atoms. The minimum atomic E-state index is 0. The molecule has 22 valence electrons. The van der Waals surface area contributed by atoms with Gasteiger partial charge in [-0.05, 0) is 0 Å². The van der Waals surface area contributed by atoms with Crippen LogP contribution in [0.15, 0.2) is 0 Å². The zero-order chi connectivity index (χ0) is 0. The second-order valence-electron chi connectivity index (χ2n) is 0. The summed E-state index contributed by atoms with van der Waals surface area (Å²) in [6, 6.07) is 0. The second kappa shape index (κ2) is 16.3. The standard InChI is InChI=1S/Ca.Cu.Fe.Na. The molecule has 0 saturated heterocycles. The second-order valence-corrected chi connectivity index (χ2v) is 0. The fourth-order valence-electron chi connectivity index (χ4n) is 0. The topological polar surface area (TPSA) is 0 Å². The molecule has 4 heavy (non-hydrogen) atoms. The van der Waals surface area contributed by atoms with Crippen LogP contribution in [0, 0.1) is 0 Å². The molecular weight excluding hydrogens is 182 g/mol. The SMILES string of the molecule is [Ca].[Cu].[Fe].[Na]. The first-order chi connectivity index (χ1) is 0. The molecule has 0 aromatic carbocycles. The zero-order valence-electron chi connectivity index (χ0n) is 2.36. The van der Waals surface area contributed by atoms with Gasteiger partial charge in [-0.1, -0.05) is 0 Å². The third-order valence-electron chi connectivity index (χ3n) is 0. The van der Waals surface area contributed by atoms with E-state index in [1.165, 1.54) is 0 Å². The Labute approximate surface area is 99.1 Å². The Morgan fingerprint density at radius 2 is 1.00 bits per heavy atom. The van der Waals surface area contributed by atoms with Gasteiger partial charge in [0, 0.05) is 101 Å². The van der Waals surface area contributed by atoms with E-state index in [0.29, 0.717) is 0 Å². The largest absolute Gasteiger partial charge is 0 e. The molecule has 4 radical (unpaired) electrons. The van der Waals surface area contributed by atoms with Gasteiger partial charge in [0.2, 0.25) is 0 Å². The molecule has 0 aromatic rings. The Balaban J connectivity index is 0. The molecule has 4 heteroatoms. The molecule has 0 N–H and O–H groups in total. The van der Waals surface area contributed by atoms with Crippen LogP contribution in [-0.4, -0.2) is 67.3 Å².